The second-order valence-electron chi connectivity index (χ2n) is 12.2. The standard InChI is InChI=1S/C34H44N6O3S/c1-25(2)39-15-17-40(18-16-39)29-9-5-26(6-10-29)28-23-31(35-13-14-38-19-21-43-22-20-38)33-32(24-28)37(3)34(36-33)27-7-11-30(12-8-27)44(4,41)42/h5-12,23-25,35H,13-22H2,1-4H3. The fraction of sp³-hybridized carbons (Fsp3) is 0.441. The maximum absolute atomic E-state index is 12.0. The first kappa shape index (κ1) is 30.6. The predicted molar refractivity (Wildman–Crippen MR) is 179 cm³/mol. The summed E-state index contributed by atoms with van der Waals surface area (Å²) in [7, 11) is -1.25. The zero-order chi connectivity index (χ0) is 30.8. The summed E-state index contributed by atoms with van der Waals surface area (Å²) in [6, 6.07) is 20.9. The number of imidazole rings is 1. The lowest BCUT2D eigenvalue weighted by molar-refractivity contribution is 0.0398. The van der Waals surface area contributed by atoms with Gasteiger partial charge in [-0.05, 0) is 73.5 Å². The fourth-order valence-corrected chi connectivity index (χ4v) is 6.86. The van der Waals surface area contributed by atoms with Crippen LogP contribution in [-0.4, -0.2) is 106 Å². The van der Waals surface area contributed by atoms with Crippen LogP contribution in [0.25, 0.3) is 33.5 Å². The molecule has 0 unspecified atom stereocenters. The van der Waals surface area contributed by atoms with Crippen LogP contribution < -0.4 is 10.2 Å². The summed E-state index contributed by atoms with van der Waals surface area (Å²) in [6.45, 7) is 14.0. The number of sulfone groups is 1. The molecule has 3 heterocycles. The van der Waals surface area contributed by atoms with Crippen molar-refractivity contribution in [1.29, 1.82) is 0 Å². The molecule has 0 atom stereocenters. The van der Waals surface area contributed by atoms with Gasteiger partial charge in [0.25, 0.3) is 0 Å². The van der Waals surface area contributed by atoms with E-state index in [4.69, 9.17) is 9.72 Å². The number of nitrogens with one attached hydrogen (secondary N) is 1. The number of ether oxygens (including phenoxy) is 1. The number of rotatable bonds is 9. The van der Waals surface area contributed by atoms with Gasteiger partial charge in [0.05, 0.1) is 29.3 Å². The van der Waals surface area contributed by atoms with Gasteiger partial charge < -0.3 is 19.5 Å². The van der Waals surface area contributed by atoms with Crippen LogP contribution in [0, 0.1) is 0 Å². The van der Waals surface area contributed by atoms with Gasteiger partial charge >= 0.3 is 0 Å². The Morgan fingerprint density at radius 2 is 1.52 bits per heavy atom. The van der Waals surface area contributed by atoms with Gasteiger partial charge in [-0.3, -0.25) is 9.80 Å². The highest BCUT2D eigenvalue weighted by atomic mass is 32.2. The van der Waals surface area contributed by atoms with Gasteiger partial charge in [-0.15, -0.1) is 0 Å². The molecule has 1 N–H and O–H groups in total. The van der Waals surface area contributed by atoms with Crippen LogP contribution in [0.15, 0.2) is 65.6 Å². The Balaban J connectivity index is 1.31. The van der Waals surface area contributed by atoms with Gasteiger partial charge in [0.1, 0.15) is 11.3 Å². The quantitative estimate of drug-likeness (QED) is 0.293. The number of fused-ring (bicyclic) bond motifs is 1. The largest absolute Gasteiger partial charge is 0.382 e. The lowest BCUT2D eigenvalue weighted by atomic mass is 10.0. The minimum atomic E-state index is -3.27. The average Bonchev–Trinajstić information content (AvgIpc) is 3.37. The van der Waals surface area contributed by atoms with Crippen LogP contribution in [0.5, 0.6) is 0 Å². The zero-order valence-corrected chi connectivity index (χ0v) is 27.1. The lowest BCUT2D eigenvalue weighted by Crippen LogP contribution is -2.48. The molecular formula is C34H44N6O3S. The summed E-state index contributed by atoms with van der Waals surface area (Å²) in [4.78, 5) is 12.8. The van der Waals surface area contributed by atoms with Crippen LogP contribution in [-0.2, 0) is 21.6 Å². The first-order chi connectivity index (χ1) is 21.2. The highest BCUT2D eigenvalue weighted by Crippen LogP contribution is 2.34. The molecule has 0 spiro atoms. The maximum atomic E-state index is 12.0. The van der Waals surface area contributed by atoms with Crippen LogP contribution in [0.3, 0.4) is 0 Å². The van der Waals surface area contributed by atoms with Crippen LogP contribution in [0.1, 0.15) is 13.8 Å². The minimum Gasteiger partial charge on any atom is -0.382 e. The SMILES string of the molecule is CC(C)N1CCN(c2ccc(-c3cc(NCCN4CCOCC4)c4nc(-c5ccc(S(C)(=O)=O)cc5)n(C)c4c3)cc2)CC1. The third kappa shape index (κ3) is 6.63. The third-order valence-corrected chi connectivity index (χ3v) is 10.1. The van der Waals surface area contributed by atoms with Gasteiger partial charge in [-0.1, -0.05) is 12.1 Å². The minimum absolute atomic E-state index is 0.304. The number of piperazine rings is 1. The van der Waals surface area contributed by atoms with Crippen molar-refractivity contribution in [2.45, 2.75) is 24.8 Å². The number of nitrogens with zero attached hydrogens (tertiary/aromatic N) is 5. The molecule has 2 aliphatic heterocycles. The summed E-state index contributed by atoms with van der Waals surface area (Å²) in [5.41, 5.74) is 7.35. The molecule has 0 radical (unpaired) electrons. The molecule has 0 aliphatic carbocycles. The normalized spacial score (nSPS) is 17.1. The molecular weight excluding hydrogens is 572 g/mol. The summed E-state index contributed by atoms with van der Waals surface area (Å²) in [6.07, 6.45) is 1.23. The molecule has 1 aromatic heterocycles. The second kappa shape index (κ2) is 12.9. The van der Waals surface area contributed by atoms with Crippen LogP contribution in [0.2, 0.25) is 0 Å². The van der Waals surface area contributed by atoms with E-state index in [9.17, 15) is 8.42 Å². The zero-order valence-electron chi connectivity index (χ0n) is 26.3. The van der Waals surface area contributed by atoms with Crippen molar-refractivity contribution in [3.63, 3.8) is 0 Å². The van der Waals surface area contributed by atoms with Crippen molar-refractivity contribution in [3.8, 4) is 22.5 Å². The van der Waals surface area contributed by atoms with E-state index in [1.165, 1.54) is 11.9 Å². The van der Waals surface area contributed by atoms with E-state index in [1.807, 2.05) is 19.2 Å². The number of morpholine rings is 1. The summed E-state index contributed by atoms with van der Waals surface area (Å²) >= 11 is 0. The molecule has 2 fully saturated rings. The number of benzene rings is 3. The second-order valence-corrected chi connectivity index (χ2v) is 14.2. The molecule has 0 bridgehead atoms. The van der Waals surface area contributed by atoms with E-state index in [0.717, 1.165) is 105 Å². The van der Waals surface area contributed by atoms with Crippen LogP contribution in [0.4, 0.5) is 11.4 Å². The molecule has 6 rings (SSSR count). The van der Waals surface area contributed by atoms with Crippen molar-refractivity contribution < 1.29 is 13.2 Å². The van der Waals surface area contributed by atoms with Gasteiger partial charge in [0.2, 0.25) is 0 Å². The first-order valence-electron chi connectivity index (χ1n) is 15.6. The smallest absolute Gasteiger partial charge is 0.175 e. The van der Waals surface area contributed by atoms with Crippen molar-refractivity contribution >= 4 is 32.2 Å². The molecule has 3 aromatic carbocycles. The first-order valence-corrected chi connectivity index (χ1v) is 17.5. The number of anilines is 2. The number of hydrogen-bond donors (Lipinski definition) is 1. The number of aryl methyl sites for hydroxylation is 1. The molecule has 2 saturated heterocycles. The molecule has 9 nitrogen and oxygen atoms in total. The Morgan fingerprint density at radius 1 is 0.864 bits per heavy atom. The topological polar surface area (TPSA) is 82.9 Å². The van der Waals surface area contributed by atoms with Crippen LogP contribution >= 0.6 is 0 Å². The molecule has 2 aliphatic rings. The van der Waals surface area contributed by atoms with E-state index >= 15 is 0 Å². The Bertz CT molecular complexity index is 1690. The van der Waals surface area contributed by atoms with Crippen molar-refractivity contribution in [1.82, 2.24) is 19.4 Å². The molecule has 234 valence electrons. The van der Waals surface area contributed by atoms with E-state index in [1.54, 1.807) is 12.1 Å². The number of hydrogen-bond acceptors (Lipinski definition) is 8. The molecule has 10 heteroatoms. The van der Waals surface area contributed by atoms with Gasteiger partial charge in [0, 0.05) is 83.0 Å². The summed E-state index contributed by atoms with van der Waals surface area (Å²) in [5.74, 6) is 0.796. The summed E-state index contributed by atoms with van der Waals surface area (Å²) < 4.78 is 31.7. The monoisotopic (exact) mass is 616 g/mol. The molecule has 4 aromatic rings. The van der Waals surface area contributed by atoms with Gasteiger partial charge in [-0.25, -0.2) is 13.4 Å². The third-order valence-electron chi connectivity index (χ3n) is 8.98. The molecule has 44 heavy (non-hydrogen) atoms. The van der Waals surface area contributed by atoms with Gasteiger partial charge in [-0.2, -0.15) is 0 Å². The maximum Gasteiger partial charge on any atom is 0.175 e. The van der Waals surface area contributed by atoms with E-state index in [2.05, 4.69) is 74.8 Å². The highest BCUT2D eigenvalue weighted by molar-refractivity contribution is 7.90. The van der Waals surface area contributed by atoms with Crippen molar-refractivity contribution in [3.05, 3.63) is 60.7 Å². The van der Waals surface area contributed by atoms with E-state index in [0.29, 0.717) is 10.9 Å². The lowest BCUT2D eigenvalue weighted by Gasteiger charge is -2.38. The van der Waals surface area contributed by atoms with Gasteiger partial charge in [0.15, 0.2) is 9.84 Å². The van der Waals surface area contributed by atoms with Crippen molar-refractivity contribution in [2.24, 2.45) is 7.05 Å². The average molecular weight is 617 g/mol. The predicted octanol–water partition coefficient (Wildman–Crippen LogP) is 4.59. The van der Waals surface area contributed by atoms with E-state index < -0.39 is 9.84 Å². The molecule has 0 saturated carbocycles. The Kier molecular flexibility index (Phi) is 8.96. The Labute approximate surface area is 261 Å². The molecule has 0 amide bonds. The highest BCUT2D eigenvalue weighted by Gasteiger charge is 2.20. The number of aromatic nitrogens is 2. The van der Waals surface area contributed by atoms with E-state index in [-0.39, 0.29) is 0 Å². The Hall–Kier alpha value is -3.44. The van der Waals surface area contributed by atoms with Crippen molar-refractivity contribution in [2.75, 3.05) is 82.0 Å². The summed E-state index contributed by atoms with van der Waals surface area (Å²) in [5, 5.41) is 3.69. The fourth-order valence-electron chi connectivity index (χ4n) is 6.23. The Morgan fingerprint density at radius 3 is 2.16 bits per heavy atom.